The molecule has 2 nitrogen and oxygen atoms in total. The van der Waals surface area contributed by atoms with Gasteiger partial charge in [-0.05, 0) is 11.1 Å². The molecule has 0 saturated heterocycles. The second kappa shape index (κ2) is 9.57. The van der Waals surface area contributed by atoms with Crippen LogP contribution in [0.25, 0.3) is 0 Å². The van der Waals surface area contributed by atoms with Crippen LogP contribution in [0.1, 0.15) is 11.1 Å². The average molecular weight is 503 g/mol. The molecule has 0 fully saturated rings. The molecule has 0 aliphatic carbocycles. The molecule has 0 saturated carbocycles. The molecule has 0 bridgehead atoms. The number of nitrogens with two attached hydrogens (primary N) is 2. The summed E-state index contributed by atoms with van der Waals surface area (Å²) >= 11 is 6.22. The van der Waals surface area contributed by atoms with E-state index in [4.69, 9.17) is 11.5 Å². The zero-order chi connectivity index (χ0) is 10.1. The number of hydrogen-bond donors (Lipinski definition) is 2. The van der Waals surface area contributed by atoms with E-state index in [9.17, 15) is 0 Å². The van der Waals surface area contributed by atoms with E-state index in [0.717, 1.165) is 11.1 Å². The summed E-state index contributed by atoms with van der Waals surface area (Å²) in [6.45, 7) is 1.18. The summed E-state index contributed by atoms with van der Waals surface area (Å²) in [6.07, 6.45) is 0. The summed E-state index contributed by atoms with van der Waals surface area (Å²) in [6, 6.07) is 8.00. The van der Waals surface area contributed by atoms with Crippen molar-refractivity contribution in [2.24, 2.45) is 11.5 Å². The molecule has 1 aromatic carbocycles. The van der Waals surface area contributed by atoms with Crippen LogP contribution in [0.5, 0.6) is 0 Å². The van der Waals surface area contributed by atoms with Crippen LogP contribution in [0.3, 0.4) is 0 Å². The zero-order valence-corrected chi connectivity index (χ0v) is 14.2. The molecule has 5 heteroatoms. The van der Waals surface area contributed by atoms with Gasteiger partial charge in [0.15, 0.2) is 0 Å². The SMILES string of the molecule is NCc1cccc(CN)c1.[Br][Pb][Br]. The third-order valence-corrected chi connectivity index (χ3v) is 1.46. The molecular formula is C8H12Br2N2Pb. The molecule has 2 radical (unpaired) electrons. The van der Waals surface area contributed by atoms with Crippen molar-refractivity contribution in [2.45, 2.75) is 13.1 Å². The summed E-state index contributed by atoms with van der Waals surface area (Å²) in [5.74, 6) is 0. The predicted molar refractivity (Wildman–Crippen MR) is 65.8 cm³/mol. The standard InChI is InChI=1S/C8H12N2.2BrH.Pb/c9-5-7-2-1-3-8(4-7)6-10;;;/h1-4H,5-6,9-10H2;2*1H;/q;;;+2/p-2. The van der Waals surface area contributed by atoms with Crippen molar-refractivity contribution in [1.82, 2.24) is 0 Å². The van der Waals surface area contributed by atoms with Gasteiger partial charge in [0.05, 0.1) is 0 Å². The van der Waals surface area contributed by atoms with Gasteiger partial charge in [-0.3, -0.25) is 0 Å². The summed E-state index contributed by atoms with van der Waals surface area (Å²) in [4.78, 5) is 0. The van der Waals surface area contributed by atoms with E-state index < -0.39 is 0 Å². The number of halogens is 2. The Kier molecular flexibility index (Phi) is 10.3. The molecule has 13 heavy (non-hydrogen) atoms. The van der Waals surface area contributed by atoms with E-state index in [1.807, 2.05) is 24.3 Å². The molecular weight excluding hydrogens is 491 g/mol. The molecule has 0 atom stereocenters. The number of hydrogen-bond acceptors (Lipinski definition) is 2. The molecule has 0 spiro atoms. The molecule has 0 amide bonds. The molecule has 1 aromatic rings. The zero-order valence-electron chi connectivity index (χ0n) is 7.13. The minimum absolute atomic E-state index is 0.292. The maximum absolute atomic E-state index is 5.43. The molecule has 1 rings (SSSR count). The van der Waals surface area contributed by atoms with Gasteiger partial charge in [0.25, 0.3) is 0 Å². The first kappa shape index (κ1) is 14.0. The van der Waals surface area contributed by atoms with E-state index in [-0.39, 0.29) is 19.4 Å². The Hall–Kier alpha value is 1.02. The fraction of sp³-hybridized carbons (Fsp3) is 0.250. The van der Waals surface area contributed by atoms with Gasteiger partial charge in [0.1, 0.15) is 0 Å². The minimum atomic E-state index is -0.292. The van der Waals surface area contributed by atoms with Crippen LogP contribution in [0.4, 0.5) is 0 Å². The van der Waals surface area contributed by atoms with Gasteiger partial charge < -0.3 is 11.5 Å². The van der Waals surface area contributed by atoms with Gasteiger partial charge in [-0.25, -0.2) is 0 Å². The van der Waals surface area contributed by atoms with E-state index >= 15 is 0 Å². The van der Waals surface area contributed by atoms with Gasteiger partial charge in [-0.1, -0.05) is 24.3 Å². The van der Waals surface area contributed by atoms with Gasteiger partial charge in [-0.15, -0.1) is 0 Å². The van der Waals surface area contributed by atoms with Crippen LogP contribution in [-0.2, 0) is 13.1 Å². The molecule has 4 N–H and O–H groups in total. The molecule has 0 aromatic heterocycles. The van der Waals surface area contributed by atoms with Crippen molar-refractivity contribution >= 4 is 43.4 Å². The maximum atomic E-state index is 5.43. The third-order valence-electron chi connectivity index (χ3n) is 1.46. The van der Waals surface area contributed by atoms with Gasteiger partial charge in [-0.2, -0.15) is 0 Å². The van der Waals surface area contributed by atoms with Gasteiger partial charge >= 0.3 is 43.4 Å². The molecule has 0 unspecified atom stereocenters. The summed E-state index contributed by atoms with van der Waals surface area (Å²) < 4.78 is 0. The van der Waals surface area contributed by atoms with Crippen molar-refractivity contribution in [3.05, 3.63) is 35.4 Å². The quantitative estimate of drug-likeness (QED) is 0.607. The fourth-order valence-electron chi connectivity index (χ4n) is 0.884. The van der Waals surface area contributed by atoms with Crippen LogP contribution >= 0.6 is 24.0 Å². The molecule has 0 heterocycles. The summed E-state index contributed by atoms with van der Waals surface area (Å²) in [5.41, 5.74) is 13.1. The first-order valence-electron chi connectivity index (χ1n) is 3.72. The van der Waals surface area contributed by atoms with Crippen LogP contribution in [0.2, 0.25) is 0 Å². The van der Waals surface area contributed by atoms with Crippen molar-refractivity contribution in [3.63, 3.8) is 0 Å². The summed E-state index contributed by atoms with van der Waals surface area (Å²) in [5, 5.41) is 0. The molecule has 0 aliphatic heterocycles. The topological polar surface area (TPSA) is 52.0 Å². The second-order valence-electron chi connectivity index (χ2n) is 2.30. The van der Waals surface area contributed by atoms with E-state index in [1.54, 1.807) is 0 Å². The van der Waals surface area contributed by atoms with Crippen molar-refractivity contribution < 1.29 is 0 Å². The Morgan fingerprint density at radius 1 is 1.08 bits per heavy atom. The van der Waals surface area contributed by atoms with E-state index in [0.29, 0.717) is 13.1 Å². The van der Waals surface area contributed by atoms with Crippen LogP contribution in [0.15, 0.2) is 24.3 Å². The average Bonchev–Trinajstić information content (AvgIpc) is 2.19. The van der Waals surface area contributed by atoms with Crippen LogP contribution in [-0.4, -0.2) is 19.4 Å². The fourth-order valence-corrected chi connectivity index (χ4v) is 0.884. The Morgan fingerprint density at radius 3 is 1.77 bits per heavy atom. The van der Waals surface area contributed by atoms with Gasteiger partial charge in [0.2, 0.25) is 0 Å². The predicted octanol–water partition coefficient (Wildman–Crippen LogP) is 1.91. The van der Waals surface area contributed by atoms with Crippen molar-refractivity contribution in [1.29, 1.82) is 0 Å². The van der Waals surface area contributed by atoms with Crippen LogP contribution < -0.4 is 11.5 Å². The van der Waals surface area contributed by atoms with Crippen molar-refractivity contribution in [3.8, 4) is 0 Å². The monoisotopic (exact) mass is 502 g/mol. The Balaban J connectivity index is 0.000000424. The first-order chi connectivity index (χ1) is 6.28. The Morgan fingerprint density at radius 2 is 1.46 bits per heavy atom. The molecule has 0 aliphatic rings. The van der Waals surface area contributed by atoms with Gasteiger partial charge in [0, 0.05) is 13.1 Å². The molecule has 72 valence electrons. The summed E-state index contributed by atoms with van der Waals surface area (Å²) in [7, 11) is 0. The van der Waals surface area contributed by atoms with Crippen LogP contribution in [0, 0.1) is 0 Å². The third kappa shape index (κ3) is 7.01. The van der Waals surface area contributed by atoms with E-state index in [2.05, 4.69) is 24.0 Å². The first-order valence-corrected chi connectivity index (χ1v) is 20.6. The number of rotatable bonds is 2. The van der Waals surface area contributed by atoms with E-state index in [1.165, 1.54) is 0 Å². The van der Waals surface area contributed by atoms with Crippen molar-refractivity contribution in [2.75, 3.05) is 0 Å². The Bertz CT molecular complexity index is 214. The Labute approximate surface area is 102 Å². The second-order valence-corrected chi connectivity index (χ2v) is 19.2. The number of benzene rings is 1. The normalized spacial score (nSPS) is 8.92.